The van der Waals surface area contributed by atoms with Crippen LogP contribution >= 0.6 is 11.3 Å². The Bertz CT molecular complexity index is 992. The minimum Gasteiger partial charge on any atom is -0.378 e. The third-order valence-electron chi connectivity index (χ3n) is 5.25. The zero-order valence-electron chi connectivity index (χ0n) is 17.4. The molecule has 1 fully saturated rings. The fraction of sp³-hybridized carbons (Fsp3) is 0.333. The zero-order chi connectivity index (χ0) is 20.9. The first-order valence-electron chi connectivity index (χ1n) is 10.4. The van der Waals surface area contributed by atoms with Crippen LogP contribution in [0.4, 0.5) is 11.4 Å². The topological polar surface area (TPSA) is 54.5 Å². The van der Waals surface area contributed by atoms with Gasteiger partial charge in [0.25, 0.3) is 0 Å². The van der Waals surface area contributed by atoms with Gasteiger partial charge in [-0.2, -0.15) is 0 Å². The Morgan fingerprint density at radius 3 is 2.60 bits per heavy atom. The Kier molecular flexibility index (Phi) is 6.45. The molecule has 1 amide bonds. The van der Waals surface area contributed by atoms with E-state index in [0.29, 0.717) is 19.1 Å². The molecule has 0 aliphatic carbocycles. The average Bonchev–Trinajstić information content (AvgIpc) is 3.23. The van der Waals surface area contributed by atoms with Crippen molar-refractivity contribution in [3.63, 3.8) is 0 Å². The normalized spacial score (nSPS) is 14.2. The molecule has 0 atom stereocenters. The van der Waals surface area contributed by atoms with Crippen LogP contribution in [0.3, 0.4) is 0 Å². The molecule has 0 saturated carbocycles. The zero-order valence-corrected chi connectivity index (χ0v) is 18.2. The minimum absolute atomic E-state index is 0.0530. The van der Waals surface area contributed by atoms with Crippen LogP contribution in [0, 0.1) is 0 Å². The van der Waals surface area contributed by atoms with Crippen molar-refractivity contribution >= 4 is 28.6 Å². The Labute approximate surface area is 181 Å². The number of morpholine rings is 1. The molecule has 0 bridgehead atoms. The van der Waals surface area contributed by atoms with Gasteiger partial charge in [0.15, 0.2) is 0 Å². The molecule has 2 aromatic carbocycles. The van der Waals surface area contributed by atoms with Crippen molar-refractivity contribution in [1.82, 2.24) is 4.98 Å². The summed E-state index contributed by atoms with van der Waals surface area (Å²) in [6.07, 6.45) is 0.262. The summed E-state index contributed by atoms with van der Waals surface area (Å²) >= 11 is 1.58. The number of anilines is 2. The van der Waals surface area contributed by atoms with E-state index in [1.807, 2.05) is 29.6 Å². The second-order valence-corrected chi connectivity index (χ2v) is 8.62. The van der Waals surface area contributed by atoms with E-state index in [9.17, 15) is 4.79 Å². The fourth-order valence-electron chi connectivity index (χ4n) is 3.55. The molecule has 3 aromatic rings. The molecular formula is C24H27N3O2S. The highest BCUT2D eigenvalue weighted by atomic mass is 32.1. The highest BCUT2D eigenvalue weighted by Crippen LogP contribution is 2.28. The molecule has 6 heteroatoms. The van der Waals surface area contributed by atoms with E-state index < -0.39 is 0 Å². The van der Waals surface area contributed by atoms with E-state index >= 15 is 0 Å². The van der Waals surface area contributed by atoms with Gasteiger partial charge in [-0.3, -0.25) is 4.79 Å². The van der Waals surface area contributed by atoms with Gasteiger partial charge in [-0.15, -0.1) is 11.3 Å². The van der Waals surface area contributed by atoms with E-state index in [-0.39, 0.29) is 12.3 Å². The maximum Gasteiger partial charge on any atom is 0.230 e. The maximum atomic E-state index is 12.7. The van der Waals surface area contributed by atoms with Gasteiger partial charge < -0.3 is 15.0 Å². The van der Waals surface area contributed by atoms with Crippen molar-refractivity contribution in [3.05, 3.63) is 65.2 Å². The third-order valence-corrected chi connectivity index (χ3v) is 6.19. The Balaban J connectivity index is 1.42. The van der Waals surface area contributed by atoms with E-state index in [1.165, 1.54) is 5.56 Å². The highest BCUT2D eigenvalue weighted by molar-refractivity contribution is 7.13. The number of hydrogen-bond acceptors (Lipinski definition) is 5. The number of thiazole rings is 1. The molecule has 4 rings (SSSR count). The lowest BCUT2D eigenvalue weighted by Crippen LogP contribution is -2.36. The molecule has 0 radical (unpaired) electrons. The van der Waals surface area contributed by atoms with Crippen molar-refractivity contribution in [2.24, 2.45) is 0 Å². The number of carbonyl (C=O) groups is 1. The molecule has 5 nitrogen and oxygen atoms in total. The summed E-state index contributed by atoms with van der Waals surface area (Å²) in [7, 11) is 0. The number of ether oxygens (including phenoxy) is 1. The van der Waals surface area contributed by atoms with Crippen molar-refractivity contribution in [2.75, 3.05) is 36.5 Å². The van der Waals surface area contributed by atoms with E-state index in [4.69, 9.17) is 4.74 Å². The molecule has 1 aliphatic rings. The Morgan fingerprint density at radius 1 is 1.13 bits per heavy atom. The van der Waals surface area contributed by atoms with E-state index in [0.717, 1.165) is 40.7 Å². The minimum atomic E-state index is -0.0530. The second-order valence-electron chi connectivity index (χ2n) is 7.76. The molecule has 1 saturated heterocycles. The smallest absolute Gasteiger partial charge is 0.230 e. The van der Waals surface area contributed by atoms with Gasteiger partial charge in [0.1, 0.15) is 5.01 Å². The molecule has 1 N–H and O–H groups in total. The number of amides is 1. The quantitative estimate of drug-likeness (QED) is 0.612. The lowest BCUT2D eigenvalue weighted by atomic mass is 10.0. The molecule has 0 spiro atoms. The predicted octanol–water partition coefficient (Wildman–Crippen LogP) is 4.95. The first-order valence-corrected chi connectivity index (χ1v) is 11.2. The van der Waals surface area contributed by atoms with Crippen LogP contribution in [0.5, 0.6) is 0 Å². The molecule has 2 heterocycles. The summed E-state index contributed by atoms with van der Waals surface area (Å²) in [4.78, 5) is 19.6. The number of para-hydroxylation sites is 2. The summed E-state index contributed by atoms with van der Waals surface area (Å²) in [5, 5.41) is 5.99. The average molecular weight is 422 g/mol. The third kappa shape index (κ3) is 4.89. The summed E-state index contributed by atoms with van der Waals surface area (Å²) in [5.41, 5.74) is 5.08. The van der Waals surface area contributed by atoms with Crippen molar-refractivity contribution in [1.29, 1.82) is 0 Å². The monoisotopic (exact) mass is 421 g/mol. The SMILES string of the molecule is CC(C)c1ccc(-c2nc(CC(=O)Nc3ccccc3N3CCOCC3)cs2)cc1. The number of nitrogens with one attached hydrogen (secondary N) is 1. The van der Waals surface area contributed by atoms with Crippen LogP contribution in [0.15, 0.2) is 53.9 Å². The first kappa shape index (κ1) is 20.6. The van der Waals surface area contributed by atoms with E-state index in [1.54, 1.807) is 11.3 Å². The van der Waals surface area contributed by atoms with Crippen molar-refractivity contribution in [3.8, 4) is 10.6 Å². The Hall–Kier alpha value is -2.70. The van der Waals surface area contributed by atoms with Crippen LogP contribution in [0.25, 0.3) is 10.6 Å². The van der Waals surface area contributed by atoms with Crippen LogP contribution in [-0.4, -0.2) is 37.2 Å². The summed E-state index contributed by atoms with van der Waals surface area (Å²) in [5.74, 6) is 0.456. The largest absolute Gasteiger partial charge is 0.378 e. The number of carbonyl (C=O) groups excluding carboxylic acids is 1. The van der Waals surface area contributed by atoms with Crippen LogP contribution < -0.4 is 10.2 Å². The van der Waals surface area contributed by atoms with Gasteiger partial charge in [-0.1, -0.05) is 50.2 Å². The maximum absolute atomic E-state index is 12.7. The summed E-state index contributed by atoms with van der Waals surface area (Å²) in [6, 6.07) is 16.5. The summed E-state index contributed by atoms with van der Waals surface area (Å²) in [6.45, 7) is 7.46. The number of hydrogen-bond donors (Lipinski definition) is 1. The molecular weight excluding hydrogens is 394 g/mol. The lowest BCUT2D eigenvalue weighted by molar-refractivity contribution is -0.115. The fourth-order valence-corrected chi connectivity index (χ4v) is 4.38. The van der Waals surface area contributed by atoms with Gasteiger partial charge >= 0.3 is 0 Å². The van der Waals surface area contributed by atoms with Gasteiger partial charge in [0.05, 0.1) is 36.7 Å². The first-order chi connectivity index (χ1) is 14.6. The number of nitrogens with zero attached hydrogens (tertiary/aromatic N) is 2. The van der Waals surface area contributed by atoms with Crippen LogP contribution in [-0.2, 0) is 16.0 Å². The number of benzene rings is 2. The van der Waals surface area contributed by atoms with E-state index in [2.05, 4.69) is 53.3 Å². The molecule has 30 heavy (non-hydrogen) atoms. The summed E-state index contributed by atoms with van der Waals surface area (Å²) < 4.78 is 5.44. The number of aromatic nitrogens is 1. The van der Waals surface area contributed by atoms with Gasteiger partial charge in [0, 0.05) is 24.0 Å². The van der Waals surface area contributed by atoms with Crippen LogP contribution in [0.1, 0.15) is 31.0 Å². The Morgan fingerprint density at radius 2 is 1.87 bits per heavy atom. The standard InChI is InChI=1S/C24H27N3O2S/c1-17(2)18-7-9-19(10-8-18)24-25-20(16-30-24)15-23(28)26-21-5-3-4-6-22(21)27-11-13-29-14-12-27/h3-10,16-17H,11-15H2,1-2H3,(H,26,28). The number of rotatable bonds is 6. The second kappa shape index (κ2) is 9.41. The van der Waals surface area contributed by atoms with Gasteiger partial charge in [0.2, 0.25) is 5.91 Å². The molecule has 0 unspecified atom stereocenters. The molecule has 156 valence electrons. The van der Waals surface area contributed by atoms with Crippen molar-refractivity contribution in [2.45, 2.75) is 26.2 Å². The highest BCUT2D eigenvalue weighted by Gasteiger charge is 2.16. The molecule has 1 aromatic heterocycles. The van der Waals surface area contributed by atoms with Crippen LogP contribution in [0.2, 0.25) is 0 Å². The van der Waals surface area contributed by atoms with Gasteiger partial charge in [-0.05, 0) is 23.6 Å². The lowest BCUT2D eigenvalue weighted by Gasteiger charge is -2.30. The van der Waals surface area contributed by atoms with Gasteiger partial charge in [-0.25, -0.2) is 4.98 Å². The van der Waals surface area contributed by atoms with Crippen molar-refractivity contribution < 1.29 is 9.53 Å². The molecule has 1 aliphatic heterocycles. The predicted molar refractivity (Wildman–Crippen MR) is 123 cm³/mol.